The van der Waals surface area contributed by atoms with Gasteiger partial charge in [-0.2, -0.15) is 12.1 Å². The van der Waals surface area contributed by atoms with Crippen molar-refractivity contribution >= 4 is 72.5 Å². The van der Waals surface area contributed by atoms with Gasteiger partial charge in [-0.15, -0.1) is 23.6 Å². The van der Waals surface area contributed by atoms with Gasteiger partial charge in [0.1, 0.15) is 22.7 Å². The molecule has 0 N–H and O–H groups in total. The van der Waals surface area contributed by atoms with Crippen molar-refractivity contribution in [3.05, 3.63) is 180 Å². The number of hydrogen-bond donors (Lipinski definition) is 0. The summed E-state index contributed by atoms with van der Waals surface area (Å²) in [4.78, 5) is 4.94. The van der Waals surface area contributed by atoms with Crippen LogP contribution in [0.4, 0.5) is 22.7 Å². The van der Waals surface area contributed by atoms with E-state index in [1.807, 2.05) is 36.5 Å². The predicted octanol–water partition coefficient (Wildman–Crippen LogP) is 17.2. The number of pyridine rings is 1. The van der Waals surface area contributed by atoms with Gasteiger partial charge in [0.05, 0.1) is 5.56 Å². The first-order valence-electron chi connectivity index (χ1n) is 24.5. The number of aromatic nitrogens is 2. The van der Waals surface area contributed by atoms with Crippen LogP contribution in [0.3, 0.4) is 0 Å². The molecule has 356 valence electrons. The maximum atomic E-state index is 6.78. The molecule has 7 aromatic carbocycles. The minimum atomic E-state index is -0.0895. The first-order chi connectivity index (χ1) is 33.2. The molecular weight excluding hydrogens is 1050 g/mol. The van der Waals surface area contributed by atoms with Crippen molar-refractivity contribution < 1.29 is 30.2 Å². The average Bonchev–Trinajstić information content (AvgIpc) is 4.00. The fraction of sp³-hybridized carbons (Fsp3) is 0.250. The predicted molar refractivity (Wildman–Crippen MR) is 291 cm³/mol. The van der Waals surface area contributed by atoms with Crippen molar-refractivity contribution in [1.29, 1.82) is 0 Å². The Bertz CT molecular complexity index is 3800. The van der Waals surface area contributed by atoms with Gasteiger partial charge in [-0.3, -0.25) is 0 Å². The molecule has 0 atom stereocenters. The van der Waals surface area contributed by atoms with E-state index in [0.717, 1.165) is 83.4 Å². The van der Waals surface area contributed by atoms with E-state index in [1.54, 1.807) is 0 Å². The van der Waals surface area contributed by atoms with Crippen LogP contribution in [0.5, 0.6) is 11.5 Å². The third-order valence-corrected chi connectivity index (χ3v) is 13.9. The minimum absolute atomic E-state index is 0. The Kier molecular flexibility index (Phi) is 11.6. The molecule has 0 amide bonds. The molecule has 0 saturated heterocycles. The first-order valence-corrected chi connectivity index (χ1v) is 24.5. The molecule has 0 unspecified atom stereocenters. The maximum Gasteiger partial charge on any atom is 2.00 e. The topological polar surface area (TPSA) is 46.2 Å². The number of ether oxygens (including phenoxy) is 1. The van der Waals surface area contributed by atoms with Crippen LogP contribution in [-0.4, -0.2) is 15.6 Å². The van der Waals surface area contributed by atoms with Gasteiger partial charge in [0.25, 0.3) is 5.69 Å². The van der Waals surface area contributed by atoms with Crippen LogP contribution in [0.25, 0.3) is 60.7 Å². The van der Waals surface area contributed by atoms with Crippen LogP contribution in [-0.2, 0) is 42.7 Å². The van der Waals surface area contributed by atoms with Crippen molar-refractivity contribution in [3.8, 4) is 28.4 Å². The molecule has 0 saturated carbocycles. The van der Waals surface area contributed by atoms with E-state index in [0.29, 0.717) is 11.5 Å². The number of benzene rings is 7. The molecule has 0 bridgehead atoms. The van der Waals surface area contributed by atoms with Crippen LogP contribution in [0.2, 0.25) is 0 Å². The number of furan rings is 1. The summed E-state index contributed by atoms with van der Waals surface area (Å²) < 4.78 is 20.0. The van der Waals surface area contributed by atoms with E-state index >= 15 is 0 Å². The van der Waals surface area contributed by atoms with Gasteiger partial charge in [-0.05, 0) is 84.2 Å². The Morgan fingerprint density at radius 2 is 1.18 bits per heavy atom. The standard InChI is InChI=1S/C64H60N4O2.Pt/c1-61(2,3)40-26-29-54-53(35-40)48-28-27-47(38-56(48)68(54)58-36-41(30-31-65-58)62(4,5)6)69-46-19-15-18-44(37-46)66-39-67(45-33-42(63(7,8)9)32-43(34-45)64(10,11)12)59-50(21-17-24-55(59)66)52-23-16-22-51-49-20-13-14-25-57(49)70-60(51)52;/h13-36H,1-12H3;/q;+2. The fourth-order valence-electron chi connectivity index (χ4n) is 9.74. The summed E-state index contributed by atoms with van der Waals surface area (Å²) in [6, 6.07) is 60.7. The van der Waals surface area contributed by atoms with Gasteiger partial charge in [-0.1, -0.05) is 166 Å². The third-order valence-electron chi connectivity index (χ3n) is 13.9. The van der Waals surface area contributed by atoms with Crippen molar-refractivity contribution in [1.82, 2.24) is 18.7 Å². The average molecular weight is 1110 g/mol. The Balaban J connectivity index is 0.00000582. The molecule has 0 fully saturated rings. The quantitative estimate of drug-likeness (QED) is 0.123. The number of hydrogen-bond acceptors (Lipinski definition) is 3. The van der Waals surface area contributed by atoms with Crippen LogP contribution in [0.15, 0.2) is 150 Å². The zero-order valence-electron chi connectivity index (χ0n) is 42.8. The summed E-state index contributed by atoms with van der Waals surface area (Å²) >= 11 is 0. The number of rotatable bonds is 6. The Hall–Kier alpha value is -6.84. The minimum Gasteiger partial charge on any atom is -0.509 e. The summed E-state index contributed by atoms with van der Waals surface area (Å²) in [5.74, 6) is 1.99. The molecule has 6 nitrogen and oxygen atoms in total. The molecular formula is C64H60N4O2Pt+2. The molecule has 1 aliphatic rings. The van der Waals surface area contributed by atoms with E-state index in [2.05, 4.69) is 224 Å². The zero-order chi connectivity index (χ0) is 49.1. The second kappa shape index (κ2) is 17.2. The molecule has 7 heteroatoms. The van der Waals surface area contributed by atoms with Gasteiger partial charge in [0, 0.05) is 57.7 Å². The summed E-state index contributed by atoms with van der Waals surface area (Å²) in [7, 11) is 0. The second-order valence-electron chi connectivity index (χ2n) is 23.1. The van der Waals surface area contributed by atoms with Crippen LogP contribution in [0, 0.1) is 12.1 Å². The second-order valence-corrected chi connectivity index (χ2v) is 23.1. The van der Waals surface area contributed by atoms with Crippen LogP contribution >= 0.6 is 0 Å². The largest absolute Gasteiger partial charge is 2.00 e. The Labute approximate surface area is 432 Å². The molecule has 3 aromatic heterocycles. The molecule has 1 aliphatic heterocycles. The van der Waals surface area contributed by atoms with Gasteiger partial charge in [-0.25, -0.2) is 4.98 Å². The van der Waals surface area contributed by atoms with Gasteiger partial charge in [0.15, 0.2) is 0 Å². The summed E-state index contributed by atoms with van der Waals surface area (Å²) in [6.45, 7) is 27.2. The SMILES string of the molecule is CC(C)(C)c1cc([N+]2=C=[N+](c3[c-]c(Oc4[c-]c5c(cc4)c4cc(C(C)(C)C)ccc4n5-c4cc(C(C)(C)C)ccn4)ccc3)c3cccc(-c4cccc5c4oc4ccccc45)c32)cc(C(C)(C)C)c1.[Pt+2]. The normalized spacial score (nSPS) is 13.2. The Morgan fingerprint density at radius 3 is 1.92 bits per heavy atom. The van der Waals surface area contributed by atoms with Gasteiger partial charge < -0.3 is 13.7 Å². The molecule has 11 rings (SSSR count). The molecule has 0 radical (unpaired) electrons. The molecule has 71 heavy (non-hydrogen) atoms. The van der Waals surface area contributed by atoms with Crippen molar-refractivity contribution in [2.75, 3.05) is 0 Å². The number of fused-ring (bicyclic) bond motifs is 7. The first kappa shape index (κ1) is 47.8. The van der Waals surface area contributed by atoms with E-state index in [-0.39, 0.29) is 42.7 Å². The Morgan fingerprint density at radius 1 is 0.535 bits per heavy atom. The van der Waals surface area contributed by atoms with Crippen LogP contribution in [0.1, 0.15) is 105 Å². The van der Waals surface area contributed by atoms with Crippen LogP contribution < -0.4 is 13.9 Å². The monoisotopic (exact) mass is 1110 g/mol. The molecule has 0 aliphatic carbocycles. The number of nitrogens with zero attached hydrogens (tertiary/aromatic N) is 4. The molecule has 4 heterocycles. The third kappa shape index (κ3) is 8.56. The van der Waals surface area contributed by atoms with Crippen molar-refractivity contribution in [2.45, 2.75) is 105 Å². The summed E-state index contributed by atoms with van der Waals surface area (Å²) in [5, 5.41) is 4.43. The summed E-state index contributed by atoms with van der Waals surface area (Å²) in [5.41, 5.74) is 14.3. The summed E-state index contributed by atoms with van der Waals surface area (Å²) in [6.07, 6.45) is 1.91. The van der Waals surface area contributed by atoms with Crippen molar-refractivity contribution in [3.63, 3.8) is 0 Å². The fourth-order valence-corrected chi connectivity index (χ4v) is 9.74. The van der Waals surface area contributed by atoms with E-state index in [4.69, 9.17) is 14.1 Å². The molecule has 0 spiro atoms. The smallest absolute Gasteiger partial charge is 0.509 e. The number of para-hydroxylation sites is 3. The van der Waals surface area contributed by atoms with Gasteiger partial charge >= 0.3 is 32.8 Å². The van der Waals surface area contributed by atoms with Crippen molar-refractivity contribution in [2.24, 2.45) is 0 Å². The van der Waals surface area contributed by atoms with E-state index < -0.39 is 0 Å². The zero-order valence-corrected chi connectivity index (χ0v) is 45.1. The van der Waals surface area contributed by atoms with E-state index in [9.17, 15) is 0 Å². The molecule has 10 aromatic rings. The van der Waals surface area contributed by atoms with Gasteiger partial charge in [0.2, 0.25) is 5.69 Å². The van der Waals surface area contributed by atoms with E-state index in [1.165, 1.54) is 22.3 Å². The maximum absolute atomic E-state index is 6.78.